The first-order chi connectivity index (χ1) is 9.71. The molecule has 110 valence electrons. The van der Waals surface area contributed by atoms with Gasteiger partial charge in [-0.3, -0.25) is 0 Å². The van der Waals surface area contributed by atoms with Crippen molar-refractivity contribution in [3.8, 4) is 0 Å². The molecule has 0 bridgehead atoms. The van der Waals surface area contributed by atoms with Gasteiger partial charge in [0.2, 0.25) is 0 Å². The number of fused-ring (bicyclic) bond motifs is 1. The molecule has 1 N–H and O–H groups in total. The van der Waals surface area contributed by atoms with Crippen LogP contribution in [-0.2, 0) is 4.74 Å². The summed E-state index contributed by atoms with van der Waals surface area (Å²) in [4.78, 5) is 11.3. The van der Waals surface area contributed by atoms with Crippen molar-refractivity contribution in [1.82, 2.24) is 14.4 Å². The second kappa shape index (κ2) is 6.56. The van der Waals surface area contributed by atoms with Crippen LogP contribution in [0.25, 0.3) is 5.65 Å². The van der Waals surface area contributed by atoms with Crippen molar-refractivity contribution in [3.63, 3.8) is 0 Å². The first kappa shape index (κ1) is 14.6. The number of likely N-dealkylation sites (N-methyl/N-ethyl adjacent to an activating group) is 1. The molecule has 6 nitrogen and oxygen atoms in total. The molecule has 20 heavy (non-hydrogen) atoms. The number of nitrogens with one attached hydrogen (secondary N) is 1. The zero-order valence-electron chi connectivity index (χ0n) is 12.6. The normalized spacial score (nSPS) is 12.6. The van der Waals surface area contributed by atoms with Crippen LogP contribution in [0.15, 0.2) is 18.6 Å². The van der Waals surface area contributed by atoms with Crippen LogP contribution in [0.3, 0.4) is 0 Å². The fraction of sp³-hybridized carbons (Fsp3) is 0.571. The number of anilines is 2. The lowest BCUT2D eigenvalue weighted by Crippen LogP contribution is -2.37. The monoisotopic (exact) mass is 277 g/mol. The minimum atomic E-state index is 0.245. The Labute approximate surface area is 119 Å². The van der Waals surface area contributed by atoms with E-state index in [9.17, 15) is 0 Å². The summed E-state index contributed by atoms with van der Waals surface area (Å²) < 4.78 is 7.27. The molecule has 0 aliphatic carbocycles. The second-order valence-electron chi connectivity index (χ2n) is 4.73. The SMILES string of the molecule is CCNc1cn2ccnc2c(N(CC)C(C)COC)n1. The van der Waals surface area contributed by atoms with Crippen molar-refractivity contribution in [2.45, 2.75) is 26.8 Å². The predicted molar refractivity (Wildman–Crippen MR) is 81.5 cm³/mol. The van der Waals surface area contributed by atoms with Crippen molar-refractivity contribution in [3.05, 3.63) is 18.6 Å². The van der Waals surface area contributed by atoms with Gasteiger partial charge in [-0.15, -0.1) is 0 Å². The minimum absolute atomic E-state index is 0.245. The second-order valence-corrected chi connectivity index (χ2v) is 4.73. The third kappa shape index (κ3) is 2.85. The van der Waals surface area contributed by atoms with E-state index in [1.54, 1.807) is 13.3 Å². The number of hydrogen-bond donors (Lipinski definition) is 1. The van der Waals surface area contributed by atoms with Crippen LogP contribution in [0.5, 0.6) is 0 Å². The van der Waals surface area contributed by atoms with Crippen molar-refractivity contribution in [2.24, 2.45) is 0 Å². The molecule has 2 aromatic heterocycles. The maximum absolute atomic E-state index is 5.27. The summed E-state index contributed by atoms with van der Waals surface area (Å²) >= 11 is 0. The number of hydrogen-bond acceptors (Lipinski definition) is 5. The van der Waals surface area contributed by atoms with E-state index in [0.717, 1.165) is 30.4 Å². The third-order valence-electron chi connectivity index (χ3n) is 3.27. The summed E-state index contributed by atoms with van der Waals surface area (Å²) in [5.41, 5.74) is 0.872. The van der Waals surface area contributed by atoms with E-state index in [0.29, 0.717) is 6.61 Å². The first-order valence-corrected chi connectivity index (χ1v) is 7.04. The summed E-state index contributed by atoms with van der Waals surface area (Å²) in [6, 6.07) is 0.245. The van der Waals surface area contributed by atoms with Crippen LogP contribution in [0.1, 0.15) is 20.8 Å². The molecule has 0 amide bonds. The van der Waals surface area contributed by atoms with Crippen molar-refractivity contribution < 1.29 is 4.74 Å². The van der Waals surface area contributed by atoms with Gasteiger partial charge in [0.15, 0.2) is 11.5 Å². The number of methoxy groups -OCH3 is 1. The fourth-order valence-electron chi connectivity index (χ4n) is 2.38. The lowest BCUT2D eigenvalue weighted by atomic mass is 10.3. The van der Waals surface area contributed by atoms with Crippen LogP contribution in [-0.4, -0.2) is 47.2 Å². The van der Waals surface area contributed by atoms with Gasteiger partial charge >= 0.3 is 0 Å². The van der Waals surface area contributed by atoms with Gasteiger partial charge in [0, 0.05) is 32.6 Å². The van der Waals surface area contributed by atoms with Crippen molar-refractivity contribution in [2.75, 3.05) is 37.0 Å². The summed E-state index contributed by atoms with van der Waals surface area (Å²) in [7, 11) is 1.72. The molecular weight excluding hydrogens is 254 g/mol. The smallest absolute Gasteiger partial charge is 0.180 e. The molecule has 0 aromatic carbocycles. The van der Waals surface area contributed by atoms with E-state index in [1.807, 2.05) is 16.8 Å². The van der Waals surface area contributed by atoms with Gasteiger partial charge in [-0.1, -0.05) is 0 Å². The Morgan fingerprint density at radius 1 is 1.45 bits per heavy atom. The molecule has 1 unspecified atom stereocenters. The van der Waals surface area contributed by atoms with Crippen LogP contribution < -0.4 is 10.2 Å². The number of aromatic nitrogens is 3. The molecule has 2 aromatic rings. The Morgan fingerprint density at radius 3 is 2.90 bits per heavy atom. The van der Waals surface area contributed by atoms with Crippen molar-refractivity contribution >= 4 is 17.3 Å². The average Bonchev–Trinajstić information content (AvgIpc) is 2.88. The molecule has 6 heteroatoms. The van der Waals surface area contributed by atoms with Gasteiger partial charge in [0.25, 0.3) is 0 Å². The molecule has 0 radical (unpaired) electrons. The molecule has 0 saturated carbocycles. The highest BCUT2D eigenvalue weighted by molar-refractivity contribution is 5.67. The standard InChI is InChI=1S/C14H23N5O/c1-5-15-12-9-18-8-7-16-13(18)14(17-12)19(6-2)11(3)10-20-4/h7-9,11,15H,5-6,10H2,1-4H3. The number of imidazole rings is 1. The predicted octanol–water partition coefficient (Wildman–Crippen LogP) is 2.02. The van der Waals surface area contributed by atoms with E-state index in [-0.39, 0.29) is 6.04 Å². The van der Waals surface area contributed by atoms with E-state index in [4.69, 9.17) is 9.72 Å². The Bertz CT molecular complexity index is 553. The largest absolute Gasteiger partial charge is 0.383 e. The Balaban J connectivity index is 2.46. The van der Waals surface area contributed by atoms with Crippen LogP contribution in [0, 0.1) is 0 Å². The molecule has 0 spiro atoms. The zero-order chi connectivity index (χ0) is 14.5. The van der Waals surface area contributed by atoms with Crippen LogP contribution in [0.2, 0.25) is 0 Å². The molecule has 0 aliphatic heterocycles. The Hall–Kier alpha value is -1.82. The number of nitrogens with zero attached hydrogens (tertiary/aromatic N) is 4. The first-order valence-electron chi connectivity index (χ1n) is 7.04. The highest BCUT2D eigenvalue weighted by Gasteiger charge is 2.18. The topological polar surface area (TPSA) is 54.7 Å². The van der Waals surface area contributed by atoms with E-state index >= 15 is 0 Å². The highest BCUT2D eigenvalue weighted by atomic mass is 16.5. The Morgan fingerprint density at radius 2 is 2.25 bits per heavy atom. The minimum Gasteiger partial charge on any atom is -0.383 e. The molecule has 0 saturated heterocycles. The van der Waals surface area contributed by atoms with Gasteiger partial charge in [-0.05, 0) is 20.8 Å². The maximum atomic E-state index is 5.27. The Kier molecular flexibility index (Phi) is 4.79. The highest BCUT2D eigenvalue weighted by Crippen LogP contribution is 2.22. The fourth-order valence-corrected chi connectivity index (χ4v) is 2.38. The molecule has 0 aliphatic rings. The lowest BCUT2D eigenvalue weighted by molar-refractivity contribution is 0.182. The summed E-state index contributed by atoms with van der Waals surface area (Å²) in [5, 5.41) is 3.26. The quantitative estimate of drug-likeness (QED) is 0.839. The molecule has 0 fully saturated rings. The maximum Gasteiger partial charge on any atom is 0.180 e. The van der Waals surface area contributed by atoms with Gasteiger partial charge in [0.05, 0.1) is 18.8 Å². The van der Waals surface area contributed by atoms with Gasteiger partial charge in [-0.25, -0.2) is 9.97 Å². The third-order valence-corrected chi connectivity index (χ3v) is 3.27. The van der Waals surface area contributed by atoms with E-state index in [2.05, 4.69) is 36.0 Å². The summed E-state index contributed by atoms with van der Waals surface area (Å²) in [6.07, 6.45) is 5.70. The van der Waals surface area contributed by atoms with Gasteiger partial charge < -0.3 is 19.4 Å². The summed E-state index contributed by atoms with van der Waals surface area (Å²) in [5.74, 6) is 1.75. The molecular formula is C14H23N5O. The van der Waals surface area contributed by atoms with Gasteiger partial charge in [0.1, 0.15) is 5.82 Å². The average molecular weight is 277 g/mol. The van der Waals surface area contributed by atoms with Crippen molar-refractivity contribution in [1.29, 1.82) is 0 Å². The number of ether oxygens (including phenoxy) is 1. The molecule has 2 rings (SSSR count). The molecule has 2 heterocycles. The van der Waals surface area contributed by atoms with Gasteiger partial charge in [-0.2, -0.15) is 0 Å². The molecule has 1 atom stereocenters. The number of rotatable bonds is 7. The zero-order valence-corrected chi connectivity index (χ0v) is 12.6. The van der Waals surface area contributed by atoms with E-state index < -0.39 is 0 Å². The summed E-state index contributed by atoms with van der Waals surface area (Å²) in [6.45, 7) is 8.67. The van der Waals surface area contributed by atoms with Crippen LogP contribution >= 0.6 is 0 Å². The van der Waals surface area contributed by atoms with Crippen LogP contribution in [0.4, 0.5) is 11.6 Å². The lowest BCUT2D eigenvalue weighted by Gasteiger charge is -2.29. The van der Waals surface area contributed by atoms with E-state index in [1.165, 1.54) is 0 Å².